The number of ether oxygens (including phenoxy) is 1. The highest BCUT2D eigenvalue weighted by molar-refractivity contribution is 5.53. The number of phenols is 1. The Morgan fingerprint density at radius 1 is 1.40 bits per heavy atom. The van der Waals surface area contributed by atoms with Gasteiger partial charge in [-0.1, -0.05) is 6.07 Å². The van der Waals surface area contributed by atoms with Gasteiger partial charge in [0.2, 0.25) is 0 Å². The molecular weight excluding hydrogens is 190 g/mol. The number of benzene rings is 1. The Labute approximate surface area is 89.9 Å². The summed E-state index contributed by atoms with van der Waals surface area (Å²) in [6.45, 7) is 2.00. The van der Waals surface area contributed by atoms with Crippen LogP contribution in [0.5, 0.6) is 11.5 Å². The number of hydrogen-bond donors (Lipinski definition) is 2. The van der Waals surface area contributed by atoms with Crippen LogP contribution in [0.4, 0.5) is 0 Å². The van der Waals surface area contributed by atoms with Gasteiger partial charge in [-0.25, -0.2) is 0 Å². The topological polar surface area (TPSA) is 55.5 Å². The van der Waals surface area contributed by atoms with Gasteiger partial charge >= 0.3 is 0 Å². The zero-order chi connectivity index (χ0) is 11.1. The first kappa shape index (κ1) is 10.3. The molecule has 0 spiro atoms. The standard InChI is InChI=1S/C12H17NO2/c1-8-4-5-9(14)11(15-2)10(8)12(13)6-3-7-12/h4-5,14H,3,6-7,13H2,1-2H3. The van der Waals surface area contributed by atoms with Gasteiger partial charge in [0.05, 0.1) is 7.11 Å². The molecule has 3 N–H and O–H groups in total. The summed E-state index contributed by atoms with van der Waals surface area (Å²) in [4.78, 5) is 0. The van der Waals surface area contributed by atoms with Crippen LogP contribution in [0.2, 0.25) is 0 Å². The van der Waals surface area contributed by atoms with Crippen molar-refractivity contribution >= 4 is 0 Å². The Bertz CT molecular complexity index is 383. The van der Waals surface area contributed by atoms with Gasteiger partial charge in [-0.15, -0.1) is 0 Å². The predicted molar refractivity (Wildman–Crippen MR) is 59.1 cm³/mol. The second kappa shape index (κ2) is 3.42. The van der Waals surface area contributed by atoms with Crippen LogP contribution in [0.1, 0.15) is 30.4 Å². The molecule has 0 aromatic heterocycles. The van der Waals surface area contributed by atoms with Gasteiger partial charge in [-0.05, 0) is 37.8 Å². The summed E-state index contributed by atoms with van der Waals surface area (Å²) < 4.78 is 5.25. The fourth-order valence-corrected chi connectivity index (χ4v) is 2.30. The number of aromatic hydroxyl groups is 1. The van der Waals surface area contributed by atoms with Crippen molar-refractivity contribution < 1.29 is 9.84 Å². The summed E-state index contributed by atoms with van der Waals surface area (Å²) in [5.74, 6) is 0.715. The number of phenolic OH excluding ortho intramolecular Hbond substituents is 1. The average Bonchev–Trinajstić information content (AvgIpc) is 2.17. The van der Waals surface area contributed by atoms with Gasteiger partial charge in [0.15, 0.2) is 11.5 Å². The van der Waals surface area contributed by atoms with E-state index in [1.807, 2.05) is 13.0 Å². The second-order valence-corrected chi connectivity index (χ2v) is 4.32. The molecule has 1 aromatic rings. The van der Waals surface area contributed by atoms with E-state index in [9.17, 15) is 5.11 Å². The van der Waals surface area contributed by atoms with Crippen molar-refractivity contribution in [3.05, 3.63) is 23.3 Å². The quantitative estimate of drug-likeness (QED) is 0.780. The fraction of sp³-hybridized carbons (Fsp3) is 0.500. The van der Waals surface area contributed by atoms with E-state index in [-0.39, 0.29) is 11.3 Å². The highest BCUT2D eigenvalue weighted by Gasteiger charge is 2.38. The van der Waals surface area contributed by atoms with Crippen molar-refractivity contribution in [3.63, 3.8) is 0 Å². The number of nitrogens with two attached hydrogens (primary N) is 1. The van der Waals surface area contributed by atoms with Crippen LogP contribution in [-0.4, -0.2) is 12.2 Å². The van der Waals surface area contributed by atoms with E-state index >= 15 is 0 Å². The maximum absolute atomic E-state index is 9.72. The molecule has 0 atom stereocenters. The fourth-order valence-electron chi connectivity index (χ4n) is 2.30. The molecule has 0 unspecified atom stereocenters. The molecule has 3 heteroatoms. The normalized spacial score (nSPS) is 18.3. The zero-order valence-electron chi connectivity index (χ0n) is 9.21. The van der Waals surface area contributed by atoms with E-state index < -0.39 is 0 Å². The smallest absolute Gasteiger partial charge is 0.165 e. The summed E-state index contributed by atoms with van der Waals surface area (Å²) in [6.07, 6.45) is 3.08. The van der Waals surface area contributed by atoms with Gasteiger partial charge in [-0.3, -0.25) is 0 Å². The number of rotatable bonds is 2. The zero-order valence-corrected chi connectivity index (χ0v) is 9.21. The monoisotopic (exact) mass is 207 g/mol. The Kier molecular flexibility index (Phi) is 2.35. The summed E-state index contributed by atoms with van der Waals surface area (Å²) in [5.41, 5.74) is 8.04. The molecule has 1 aliphatic rings. The van der Waals surface area contributed by atoms with Crippen LogP contribution >= 0.6 is 0 Å². The molecule has 0 bridgehead atoms. The molecular formula is C12H17NO2. The molecule has 0 saturated heterocycles. The van der Waals surface area contributed by atoms with Crippen LogP contribution in [0.3, 0.4) is 0 Å². The maximum Gasteiger partial charge on any atom is 0.165 e. The van der Waals surface area contributed by atoms with Gasteiger partial charge in [0.1, 0.15) is 0 Å². The maximum atomic E-state index is 9.72. The Morgan fingerprint density at radius 2 is 2.07 bits per heavy atom. The minimum absolute atomic E-state index is 0.176. The first-order valence-electron chi connectivity index (χ1n) is 5.24. The molecule has 15 heavy (non-hydrogen) atoms. The van der Waals surface area contributed by atoms with Gasteiger partial charge in [0, 0.05) is 11.1 Å². The molecule has 0 aliphatic heterocycles. The molecule has 0 heterocycles. The van der Waals surface area contributed by atoms with Crippen LogP contribution < -0.4 is 10.5 Å². The minimum atomic E-state index is -0.297. The largest absolute Gasteiger partial charge is 0.504 e. The molecule has 1 aliphatic carbocycles. The lowest BCUT2D eigenvalue weighted by atomic mass is 9.71. The summed E-state index contributed by atoms with van der Waals surface area (Å²) in [5, 5.41) is 9.72. The first-order chi connectivity index (χ1) is 7.08. The van der Waals surface area contributed by atoms with Gasteiger partial charge < -0.3 is 15.6 Å². The molecule has 2 rings (SSSR count). The molecule has 1 saturated carbocycles. The van der Waals surface area contributed by atoms with Crippen LogP contribution in [-0.2, 0) is 5.54 Å². The Morgan fingerprint density at radius 3 is 2.53 bits per heavy atom. The van der Waals surface area contributed by atoms with Crippen molar-refractivity contribution in [3.8, 4) is 11.5 Å². The van der Waals surface area contributed by atoms with Gasteiger partial charge in [0.25, 0.3) is 0 Å². The Hall–Kier alpha value is -1.22. The van der Waals surface area contributed by atoms with Crippen molar-refractivity contribution in [2.45, 2.75) is 31.7 Å². The van der Waals surface area contributed by atoms with Crippen molar-refractivity contribution in [1.82, 2.24) is 0 Å². The summed E-state index contributed by atoms with van der Waals surface area (Å²) in [6, 6.07) is 3.54. The number of hydrogen-bond acceptors (Lipinski definition) is 3. The number of aryl methyl sites for hydroxylation is 1. The minimum Gasteiger partial charge on any atom is -0.504 e. The van der Waals surface area contributed by atoms with E-state index in [2.05, 4.69) is 0 Å². The average molecular weight is 207 g/mol. The van der Waals surface area contributed by atoms with Crippen molar-refractivity contribution in [2.24, 2.45) is 5.73 Å². The lowest BCUT2D eigenvalue weighted by Gasteiger charge is -2.40. The molecule has 1 fully saturated rings. The second-order valence-electron chi connectivity index (χ2n) is 4.32. The molecule has 0 radical (unpaired) electrons. The van der Waals surface area contributed by atoms with Crippen LogP contribution in [0.25, 0.3) is 0 Å². The van der Waals surface area contributed by atoms with E-state index in [0.29, 0.717) is 5.75 Å². The third-order valence-corrected chi connectivity index (χ3v) is 3.29. The SMILES string of the molecule is COc1c(O)ccc(C)c1C1(N)CCC1. The van der Waals surface area contributed by atoms with E-state index in [0.717, 1.165) is 30.4 Å². The molecule has 82 valence electrons. The number of methoxy groups -OCH3 is 1. The predicted octanol–water partition coefficient (Wildman–Crippen LogP) is 2.05. The molecule has 0 amide bonds. The Balaban J connectivity index is 2.57. The summed E-state index contributed by atoms with van der Waals surface area (Å²) in [7, 11) is 1.57. The van der Waals surface area contributed by atoms with Crippen LogP contribution in [0.15, 0.2) is 12.1 Å². The van der Waals surface area contributed by atoms with E-state index in [4.69, 9.17) is 10.5 Å². The third kappa shape index (κ3) is 1.47. The van der Waals surface area contributed by atoms with Crippen molar-refractivity contribution in [2.75, 3.05) is 7.11 Å². The van der Waals surface area contributed by atoms with E-state index in [1.165, 1.54) is 0 Å². The molecule has 1 aromatic carbocycles. The highest BCUT2D eigenvalue weighted by atomic mass is 16.5. The third-order valence-electron chi connectivity index (χ3n) is 3.29. The summed E-state index contributed by atoms with van der Waals surface area (Å²) >= 11 is 0. The highest BCUT2D eigenvalue weighted by Crippen LogP contribution is 2.47. The lowest BCUT2D eigenvalue weighted by Crippen LogP contribution is -2.44. The van der Waals surface area contributed by atoms with Crippen LogP contribution in [0, 0.1) is 6.92 Å². The first-order valence-corrected chi connectivity index (χ1v) is 5.24. The van der Waals surface area contributed by atoms with E-state index in [1.54, 1.807) is 13.2 Å². The molecule has 3 nitrogen and oxygen atoms in total. The van der Waals surface area contributed by atoms with Crippen molar-refractivity contribution in [1.29, 1.82) is 0 Å². The van der Waals surface area contributed by atoms with Gasteiger partial charge in [-0.2, -0.15) is 0 Å². The lowest BCUT2D eigenvalue weighted by molar-refractivity contribution is 0.239.